The molecule has 0 unspecified atom stereocenters. The highest BCUT2D eigenvalue weighted by molar-refractivity contribution is 7.80. The van der Waals surface area contributed by atoms with Gasteiger partial charge in [0.1, 0.15) is 0 Å². The van der Waals surface area contributed by atoms with Crippen LogP contribution in [0.3, 0.4) is 0 Å². The first-order valence-corrected chi connectivity index (χ1v) is 7.77. The van der Waals surface area contributed by atoms with Crippen molar-refractivity contribution in [3.63, 3.8) is 0 Å². The minimum atomic E-state index is 0.600. The lowest BCUT2D eigenvalue weighted by Crippen LogP contribution is -2.48. The van der Waals surface area contributed by atoms with Gasteiger partial charge < -0.3 is 5.73 Å². The molecular weight excluding hydrogens is 266 g/mol. The summed E-state index contributed by atoms with van der Waals surface area (Å²) in [6.07, 6.45) is 0. The van der Waals surface area contributed by atoms with Crippen LogP contribution in [0.25, 0.3) is 0 Å². The number of hydrogen-bond acceptors (Lipinski definition) is 3. The number of piperazine rings is 1. The van der Waals surface area contributed by atoms with E-state index in [9.17, 15) is 0 Å². The van der Waals surface area contributed by atoms with Crippen molar-refractivity contribution in [2.24, 2.45) is 5.73 Å². The van der Waals surface area contributed by atoms with Gasteiger partial charge >= 0.3 is 0 Å². The number of thiocarbonyl (C=S) groups is 1. The Bertz CT molecular complexity index is 434. The predicted molar refractivity (Wildman–Crippen MR) is 89.0 cm³/mol. The SMILES string of the molecule is CC(C)c1ccc(CN2CCN(CC(N)=S)CC2)cc1. The number of nitrogens with two attached hydrogens (primary N) is 1. The Labute approximate surface area is 127 Å². The van der Waals surface area contributed by atoms with E-state index in [1.54, 1.807) is 0 Å². The second-order valence-corrected chi connectivity index (χ2v) is 6.44. The summed E-state index contributed by atoms with van der Waals surface area (Å²) < 4.78 is 0. The summed E-state index contributed by atoms with van der Waals surface area (Å²) in [5, 5.41) is 0. The molecule has 1 aliphatic heterocycles. The van der Waals surface area contributed by atoms with Gasteiger partial charge in [0, 0.05) is 39.3 Å². The molecule has 0 aromatic heterocycles. The first-order valence-electron chi connectivity index (χ1n) is 7.36. The van der Waals surface area contributed by atoms with Gasteiger partial charge in [-0.05, 0) is 17.0 Å². The number of hydrogen-bond donors (Lipinski definition) is 1. The van der Waals surface area contributed by atoms with Crippen LogP contribution in [0.15, 0.2) is 24.3 Å². The second kappa shape index (κ2) is 7.16. The van der Waals surface area contributed by atoms with Crippen LogP contribution in [0.5, 0.6) is 0 Å². The molecule has 0 spiro atoms. The standard InChI is InChI=1S/C16H25N3S/c1-13(2)15-5-3-14(4-6-15)11-18-7-9-19(10-8-18)12-16(17)20/h3-6,13H,7-12H2,1-2H3,(H2,17,20). The lowest BCUT2D eigenvalue weighted by molar-refractivity contribution is 0.140. The quantitative estimate of drug-likeness (QED) is 0.843. The zero-order valence-electron chi connectivity index (χ0n) is 12.5. The normalized spacial score (nSPS) is 17.6. The van der Waals surface area contributed by atoms with E-state index in [1.807, 2.05) is 0 Å². The maximum absolute atomic E-state index is 5.60. The van der Waals surface area contributed by atoms with Crippen molar-refractivity contribution in [2.75, 3.05) is 32.7 Å². The summed E-state index contributed by atoms with van der Waals surface area (Å²) in [6, 6.07) is 9.03. The smallest absolute Gasteiger partial charge is 0.0870 e. The van der Waals surface area contributed by atoms with Gasteiger partial charge in [-0.1, -0.05) is 50.3 Å². The molecule has 0 atom stereocenters. The molecule has 1 saturated heterocycles. The van der Waals surface area contributed by atoms with Gasteiger partial charge in [0.2, 0.25) is 0 Å². The summed E-state index contributed by atoms with van der Waals surface area (Å²) in [5.41, 5.74) is 8.41. The van der Waals surface area contributed by atoms with Crippen LogP contribution in [0.2, 0.25) is 0 Å². The summed E-state index contributed by atoms with van der Waals surface area (Å²) in [6.45, 7) is 10.6. The van der Waals surface area contributed by atoms with Crippen LogP contribution in [-0.2, 0) is 6.54 Å². The van der Waals surface area contributed by atoms with Crippen LogP contribution in [0.4, 0.5) is 0 Å². The monoisotopic (exact) mass is 291 g/mol. The molecule has 3 nitrogen and oxygen atoms in total. The van der Waals surface area contributed by atoms with E-state index in [-0.39, 0.29) is 0 Å². The molecule has 2 N–H and O–H groups in total. The van der Waals surface area contributed by atoms with E-state index < -0.39 is 0 Å². The van der Waals surface area contributed by atoms with Gasteiger partial charge in [-0.15, -0.1) is 0 Å². The highest BCUT2D eigenvalue weighted by atomic mass is 32.1. The van der Waals surface area contributed by atoms with Gasteiger partial charge in [-0.2, -0.15) is 0 Å². The highest BCUT2D eigenvalue weighted by Crippen LogP contribution is 2.16. The van der Waals surface area contributed by atoms with Crippen molar-refractivity contribution >= 4 is 17.2 Å². The van der Waals surface area contributed by atoms with E-state index in [0.29, 0.717) is 10.9 Å². The molecule has 0 bridgehead atoms. The molecule has 4 heteroatoms. The minimum Gasteiger partial charge on any atom is -0.392 e. The van der Waals surface area contributed by atoms with Crippen molar-refractivity contribution in [3.05, 3.63) is 35.4 Å². The average Bonchev–Trinajstić information content (AvgIpc) is 2.41. The summed E-state index contributed by atoms with van der Waals surface area (Å²) in [5.74, 6) is 0.604. The highest BCUT2D eigenvalue weighted by Gasteiger charge is 2.17. The molecule has 1 fully saturated rings. The minimum absolute atomic E-state index is 0.600. The van der Waals surface area contributed by atoms with E-state index in [0.717, 1.165) is 39.3 Å². The van der Waals surface area contributed by atoms with E-state index in [2.05, 4.69) is 47.9 Å². The summed E-state index contributed by atoms with van der Waals surface area (Å²) in [4.78, 5) is 5.43. The first-order chi connectivity index (χ1) is 9.54. The second-order valence-electron chi connectivity index (χ2n) is 5.91. The Morgan fingerprint density at radius 1 is 1.10 bits per heavy atom. The molecule has 0 amide bonds. The van der Waals surface area contributed by atoms with Crippen molar-refractivity contribution in [2.45, 2.75) is 26.3 Å². The van der Waals surface area contributed by atoms with E-state index in [1.165, 1.54) is 11.1 Å². The van der Waals surface area contributed by atoms with Crippen molar-refractivity contribution in [1.29, 1.82) is 0 Å². The number of rotatable bonds is 5. The fourth-order valence-electron chi connectivity index (χ4n) is 2.59. The Hall–Kier alpha value is -0.970. The van der Waals surface area contributed by atoms with Crippen molar-refractivity contribution < 1.29 is 0 Å². The number of nitrogens with zero attached hydrogens (tertiary/aromatic N) is 2. The van der Waals surface area contributed by atoms with Gasteiger partial charge in [0.25, 0.3) is 0 Å². The van der Waals surface area contributed by atoms with Crippen LogP contribution in [0.1, 0.15) is 30.9 Å². The predicted octanol–water partition coefficient (Wildman–Crippen LogP) is 2.21. The van der Waals surface area contributed by atoms with E-state index >= 15 is 0 Å². The molecule has 0 saturated carbocycles. The molecule has 110 valence electrons. The first kappa shape index (κ1) is 15.4. The zero-order valence-corrected chi connectivity index (χ0v) is 13.3. The Kier molecular flexibility index (Phi) is 5.52. The van der Waals surface area contributed by atoms with Gasteiger partial charge in [0.05, 0.1) is 4.99 Å². The molecule has 1 aromatic rings. The molecule has 0 radical (unpaired) electrons. The maximum Gasteiger partial charge on any atom is 0.0870 e. The van der Waals surface area contributed by atoms with Gasteiger partial charge in [-0.25, -0.2) is 0 Å². The molecular formula is C16H25N3S. The third kappa shape index (κ3) is 4.54. The van der Waals surface area contributed by atoms with Crippen molar-refractivity contribution in [1.82, 2.24) is 9.80 Å². The van der Waals surface area contributed by atoms with Crippen LogP contribution in [0, 0.1) is 0 Å². The molecule has 1 aliphatic rings. The average molecular weight is 291 g/mol. The fourth-order valence-corrected chi connectivity index (χ4v) is 2.77. The van der Waals surface area contributed by atoms with Crippen LogP contribution in [-0.4, -0.2) is 47.5 Å². The zero-order chi connectivity index (χ0) is 14.5. The lowest BCUT2D eigenvalue weighted by atomic mass is 10.0. The Morgan fingerprint density at radius 3 is 2.15 bits per heavy atom. The largest absolute Gasteiger partial charge is 0.392 e. The maximum atomic E-state index is 5.60. The Balaban J connectivity index is 1.81. The van der Waals surface area contributed by atoms with Crippen molar-refractivity contribution in [3.8, 4) is 0 Å². The van der Waals surface area contributed by atoms with E-state index in [4.69, 9.17) is 18.0 Å². The molecule has 2 rings (SSSR count). The third-order valence-electron chi connectivity index (χ3n) is 3.90. The fraction of sp³-hybridized carbons (Fsp3) is 0.562. The van der Waals surface area contributed by atoms with Gasteiger partial charge in [0.15, 0.2) is 0 Å². The molecule has 0 aliphatic carbocycles. The Morgan fingerprint density at radius 2 is 1.65 bits per heavy atom. The number of benzene rings is 1. The van der Waals surface area contributed by atoms with Crippen LogP contribution < -0.4 is 5.73 Å². The summed E-state index contributed by atoms with van der Waals surface area (Å²) in [7, 11) is 0. The molecule has 1 aromatic carbocycles. The lowest BCUT2D eigenvalue weighted by Gasteiger charge is -2.34. The molecule has 20 heavy (non-hydrogen) atoms. The summed E-state index contributed by atoms with van der Waals surface area (Å²) >= 11 is 4.97. The van der Waals surface area contributed by atoms with Crippen LogP contribution >= 0.6 is 12.2 Å². The van der Waals surface area contributed by atoms with Gasteiger partial charge in [-0.3, -0.25) is 9.80 Å². The topological polar surface area (TPSA) is 32.5 Å². The third-order valence-corrected chi connectivity index (χ3v) is 4.03. The molecule has 1 heterocycles.